The van der Waals surface area contributed by atoms with Crippen LogP contribution >= 0.6 is 0 Å². The van der Waals surface area contributed by atoms with Crippen molar-refractivity contribution in [2.24, 2.45) is 0 Å². The molecule has 132 valence electrons. The van der Waals surface area contributed by atoms with Crippen molar-refractivity contribution in [2.45, 2.75) is 26.0 Å². The van der Waals surface area contributed by atoms with Crippen LogP contribution in [0.5, 0.6) is 0 Å². The number of carbonyl (C=O) groups excluding carboxylic acids is 1. The van der Waals surface area contributed by atoms with Gasteiger partial charge in [-0.1, -0.05) is 12.1 Å². The number of aryl methyl sites for hydroxylation is 1. The molecule has 2 aromatic rings. The summed E-state index contributed by atoms with van der Waals surface area (Å²) in [7, 11) is 0. The zero-order chi connectivity index (χ0) is 17.8. The lowest BCUT2D eigenvalue weighted by Crippen LogP contribution is -2.48. The second-order valence-electron chi connectivity index (χ2n) is 5.96. The molecule has 1 aliphatic heterocycles. The largest absolute Gasteiger partial charge is 0.388 e. The number of amides is 2. The van der Waals surface area contributed by atoms with Gasteiger partial charge < -0.3 is 20.1 Å². The molecule has 2 atom stereocenters. The highest BCUT2D eigenvalue weighted by Crippen LogP contribution is 2.22. The van der Waals surface area contributed by atoms with Crippen molar-refractivity contribution in [3.05, 3.63) is 42.4 Å². The summed E-state index contributed by atoms with van der Waals surface area (Å²) in [5.41, 5.74) is 2.37. The summed E-state index contributed by atoms with van der Waals surface area (Å²) in [5.74, 6) is 0.694. The van der Waals surface area contributed by atoms with Crippen LogP contribution in [0.2, 0.25) is 0 Å². The van der Waals surface area contributed by atoms with Gasteiger partial charge in [0.25, 0.3) is 0 Å². The predicted octanol–water partition coefficient (Wildman–Crippen LogP) is 2.07. The van der Waals surface area contributed by atoms with Gasteiger partial charge in [0.1, 0.15) is 5.82 Å². The molecule has 0 unspecified atom stereocenters. The number of urea groups is 1. The highest BCUT2D eigenvalue weighted by atomic mass is 16.5. The average Bonchev–Trinajstić information content (AvgIpc) is 3.02. The van der Waals surface area contributed by atoms with Crippen LogP contribution in [0.4, 0.5) is 10.5 Å². The monoisotopic (exact) mass is 342 g/mol. The quantitative estimate of drug-likeness (QED) is 0.888. The fraction of sp³-hybridized carbons (Fsp3) is 0.389. The maximum Gasteiger partial charge on any atom is 0.322 e. The van der Waals surface area contributed by atoms with Crippen LogP contribution in [-0.4, -0.2) is 57.9 Å². The van der Waals surface area contributed by atoms with Gasteiger partial charge in [0.05, 0.1) is 31.1 Å². The first-order valence-electron chi connectivity index (χ1n) is 8.32. The Bertz CT molecular complexity index is 753. The number of aliphatic hydroxyl groups excluding tert-OH is 1. The van der Waals surface area contributed by atoms with Gasteiger partial charge >= 0.3 is 6.03 Å². The highest BCUT2D eigenvalue weighted by Gasteiger charge is 2.33. The molecule has 25 heavy (non-hydrogen) atoms. The molecule has 1 aromatic carbocycles. The number of ether oxygens (including phenoxy) is 1. The van der Waals surface area contributed by atoms with Gasteiger partial charge in [0.15, 0.2) is 0 Å². The first kappa shape index (κ1) is 17.3. The summed E-state index contributed by atoms with van der Waals surface area (Å²) in [5, 5.41) is 12.9. The van der Waals surface area contributed by atoms with Crippen molar-refractivity contribution in [1.82, 2.24) is 14.9 Å². The number of likely N-dealkylation sites (N-methyl/N-ethyl adjacent to an activating group) is 1. The number of benzene rings is 1. The molecule has 2 amide bonds. The first-order chi connectivity index (χ1) is 12.1. The number of aromatic nitrogens is 2. The van der Waals surface area contributed by atoms with Crippen LogP contribution in [0.25, 0.3) is 11.3 Å². The highest BCUT2D eigenvalue weighted by molar-refractivity contribution is 5.90. The van der Waals surface area contributed by atoms with Crippen molar-refractivity contribution in [1.29, 1.82) is 0 Å². The van der Waals surface area contributed by atoms with Crippen LogP contribution in [0.3, 0.4) is 0 Å². The van der Waals surface area contributed by atoms with Crippen LogP contribution in [0.15, 0.2) is 36.5 Å². The maximum atomic E-state index is 12.6. The molecule has 2 heterocycles. The standard InChI is InChI=1S/C18H22N4O3/c1-3-22(16-10-25-11-17(16)23)18(24)21-14-6-4-5-13(9-14)15-7-8-19-12(2)20-15/h4-9,16-17,23H,3,10-11H2,1-2H3,(H,21,24)/t16-,17-/m0/s1. The molecular weight excluding hydrogens is 320 g/mol. The van der Waals surface area contributed by atoms with Gasteiger partial charge in [-0.05, 0) is 32.0 Å². The number of anilines is 1. The SMILES string of the molecule is CCN(C(=O)Nc1cccc(-c2ccnc(C)n2)c1)[C@H]1COC[C@@H]1O. The van der Waals surface area contributed by atoms with E-state index in [9.17, 15) is 9.90 Å². The molecule has 7 heteroatoms. The molecule has 0 saturated carbocycles. The van der Waals surface area contributed by atoms with Crippen molar-refractivity contribution in [2.75, 3.05) is 25.1 Å². The van der Waals surface area contributed by atoms with Gasteiger partial charge in [-0.15, -0.1) is 0 Å². The third-order valence-corrected chi connectivity index (χ3v) is 4.21. The minimum atomic E-state index is -0.652. The summed E-state index contributed by atoms with van der Waals surface area (Å²) < 4.78 is 5.25. The predicted molar refractivity (Wildman–Crippen MR) is 94.2 cm³/mol. The number of hydrogen-bond acceptors (Lipinski definition) is 5. The lowest BCUT2D eigenvalue weighted by atomic mass is 10.1. The van der Waals surface area contributed by atoms with E-state index in [0.29, 0.717) is 24.7 Å². The van der Waals surface area contributed by atoms with Gasteiger partial charge in [-0.2, -0.15) is 0 Å². The van der Waals surface area contributed by atoms with E-state index < -0.39 is 6.10 Å². The fourth-order valence-electron chi connectivity index (χ4n) is 2.93. The Balaban J connectivity index is 1.76. The normalized spacial score (nSPS) is 19.6. The van der Waals surface area contributed by atoms with Crippen LogP contribution in [0, 0.1) is 6.92 Å². The maximum absolute atomic E-state index is 12.6. The second-order valence-corrected chi connectivity index (χ2v) is 5.96. The van der Waals surface area contributed by atoms with Gasteiger partial charge in [-0.3, -0.25) is 0 Å². The number of nitrogens with one attached hydrogen (secondary N) is 1. The molecule has 0 spiro atoms. The molecule has 1 aliphatic rings. The van der Waals surface area contributed by atoms with Crippen LogP contribution in [0.1, 0.15) is 12.7 Å². The van der Waals surface area contributed by atoms with Crippen molar-refractivity contribution >= 4 is 11.7 Å². The third kappa shape index (κ3) is 3.94. The van der Waals surface area contributed by atoms with Gasteiger partial charge in [0, 0.05) is 24.0 Å². The van der Waals surface area contributed by atoms with E-state index in [4.69, 9.17) is 4.74 Å². The first-order valence-corrected chi connectivity index (χ1v) is 8.32. The molecule has 0 aliphatic carbocycles. The van der Waals surface area contributed by atoms with E-state index in [1.165, 1.54) is 0 Å². The van der Waals surface area contributed by atoms with Crippen molar-refractivity contribution in [3.63, 3.8) is 0 Å². The van der Waals surface area contributed by atoms with Crippen LogP contribution < -0.4 is 5.32 Å². The molecule has 1 saturated heterocycles. The molecular formula is C18H22N4O3. The Morgan fingerprint density at radius 3 is 2.92 bits per heavy atom. The van der Waals surface area contributed by atoms with E-state index in [2.05, 4.69) is 15.3 Å². The van der Waals surface area contributed by atoms with E-state index in [1.807, 2.05) is 44.2 Å². The average molecular weight is 342 g/mol. The summed E-state index contributed by atoms with van der Waals surface area (Å²) in [6.07, 6.45) is 1.06. The molecule has 2 N–H and O–H groups in total. The molecule has 0 bridgehead atoms. The molecule has 3 rings (SSSR count). The Morgan fingerprint density at radius 1 is 1.40 bits per heavy atom. The fourth-order valence-corrected chi connectivity index (χ4v) is 2.93. The van der Waals surface area contributed by atoms with E-state index in [-0.39, 0.29) is 18.7 Å². The van der Waals surface area contributed by atoms with Gasteiger partial charge in [-0.25, -0.2) is 14.8 Å². The lowest BCUT2D eigenvalue weighted by molar-refractivity contribution is 0.1000. The summed E-state index contributed by atoms with van der Waals surface area (Å²) in [6, 6.07) is 8.75. The summed E-state index contributed by atoms with van der Waals surface area (Å²) >= 11 is 0. The third-order valence-electron chi connectivity index (χ3n) is 4.21. The minimum absolute atomic E-state index is 0.256. The zero-order valence-corrected chi connectivity index (χ0v) is 14.3. The Hall–Kier alpha value is -2.51. The number of rotatable bonds is 4. The lowest BCUT2D eigenvalue weighted by Gasteiger charge is -2.28. The topological polar surface area (TPSA) is 87.6 Å². The summed E-state index contributed by atoms with van der Waals surface area (Å²) in [4.78, 5) is 22.7. The van der Waals surface area contributed by atoms with Crippen molar-refractivity contribution < 1.29 is 14.6 Å². The van der Waals surface area contributed by atoms with E-state index >= 15 is 0 Å². The zero-order valence-electron chi connectivity index (χ0n) is 14.3. The minimum Gasteiger partial charge on any atom is -0.388 e. The Morgan fingerprint density at radius 2 is 2.24 bits per heavy atom. The Kier molecular flexibility index (Phi) is 5.25. The second kappa shape index (κ2) is 7.58. The summed E-state index contributed by atoms with van der Waals surface area (Å²) in [6.45, 7) is 4.81. The smallest absolute Gasteiger partial charge is 0.322 e. The number of hydrogen-bond donors (Lipinski definition) is 2. The van der Waals surface area contributed by atoms with E-state index in [1.54, 1.807) is 11.1 Å². The Labute approximate surface area is 146 Å². The van der Waals surface area contributed by atoms with Crippen molar-refractivity contribution in [3.8, 4) is 11.3 Å². The molecule has 1 fully saturated rings. The molecule has 1 aromatic heterocycles. The molecule has 0 radical (unpaired) electrons. The number of aliphatic hydroxyl groups is 1. The number of carbonyl (C=O) groups is 1. The van der Waals surface area contributed by atoms with Gasteiger partial charge in [0.2, 0.25) is 0 Å². The molecule has 7 nitrogen and oxygen atoms in total. The van der Waals surface area contributed by atoms with E-state index in [0.717, 1.165) is 11.3 Å². The van der Waals surface area contributed by atoms with Crippen LogP contribution in [-0.2, 0) is 4.74 Å². The number of nitrogens with zero attached hydrogens (tertiary/aromatic N) is 3.